The second-order valence-electron chi connectivity index (χ2n) is 9.58. The fourth-order valence-corrected chi connectivity index (χ4v) is 5.63. The summed E-state index contributed by atoms with van der Waals surface area (Å²) in [6.07, 6.45) is 9.28. The number of piperidine rings is 1. The average Bonchev–Trinajstić information content (AvgIpc) is 3.21. The van der Waals surface area contributed by atoms with Gasteiger partial charge in [-0.3, -0.25) is 10.5 Å². The summed E-state index contributed by atoms with van der Waals surface area (Å²) in [5.41, 5.74) is 11.6. The van der Waals surface area contributed by atoms with Crippen LogP contribution in [0.1, 0.15) is 41.6 Å². The SMILES string of the molecule is COc1ccc(OC2CCN(c3cccc4c3C3=NC(N)N=C(C5=CC=CCC5)C3C4=O)CC2)cc1. The van der Waals surface area contributed by atoms with Gasteiger partial charge in [0.1, 0.15) is 23.5 Å². The van der Waals surface area contributed by atoms with Crippen LogP contribution >= 0.6 is 0 Å². The third-order valence-corrected chi connectivity index (χ3v) is 7.40. The van der Waals surface area contributed by atoms with E-state index in [1.165, 1.54) is 0 Å². The van der Waals surface area contributed by atoms with Gasteiger partial charge in [0.15, 0.2) is 12.1 Å². The number of benzene rings is 2. The number of methoxy groups -OCH3 is 1. The van der Waals surface area contributed by atoms with Crippen molar-refractivity contribution in [2.24, 2.45) is 21.6 Å². The summed E-state index contributed by atoms with van der Waals surface area (Å²) >= 11 is 0. The number of rotatable bonds is 5. The number of fused-ring (bicyclic) bond motifs is 3. The molecule has 0 saturated carbocycles. The largest absolute Gasteiger partial charge is 0.497 e. The van der Waals surface area contributed by atoms with Crippen LogP contribution in [0, 0.1) is 5.92 Å². The summed E-state index contributed by atoms with van der Waals surface area (Å²) in [5.74, 6) is 1.28. The number of nitrogens with zero attached hydrogens (tertiary/aromatic N) is 3. The van der Waals surface area contributed by atoms with Gasteiger partial charge in [0.25, 0.3) is 0 Å². The molecule has 6 rings (SSSR count). The smallest absolute Gasteiger partial charge is 0.191 e. The van der Waals surface area contributed by atoms with Crippen LogP contribution in [0.15, 0.2) is 76.3 Å². The number of Topliss-reactive ketones (excluding diaryl/α,β-unsaturated/α-hetero) is 1. The minimum Gasteiger partial charge on any atom is -0.497 e. The second-order valence-corrected chi connectivity index (χ2v) is 9.58. The van der Waals surface area contributed by atoms with Gasteiger partial charge in [-0.25, -0.2) is 9.98 Å². The number of anilines is 1. The standard InChI is InChI=1S/C29H30N4O3/c1-35-19-10-12-20(13-11-19)36-21-14-16-33(17-15-21)23-9-5-8-22-24(23)27-25(28(22)34)26(31-29(30)32-27)18-6-3-2-4-7-18/h2-3,5-6,8-13,21,25,29H,4,7,14-17,30H2,1H3. The third-order valence-electron chi connectivity index (χ3n) is 7.40. The van der Waals surface area contributed by atoms with Crippen molar-refractivity contribution in [1.29, 1.82) is 0 Å². The summed E-state index contributed by atoms with van der Waals surface area (Å²) in [5, 5.41) is 0. The molecule has 2 aliphatic carbocycles. The lowest BCUT2D eigenvalue weighted by Crippen LogP contribution is -2.39. The fraction of sp³-hybridized carbons (Fsp3) is 0.345. The third kappa shape index (κ3) is 4.03. The van der Waals surface area contributed by atoms with Crippen LogP contribution in [0.3, 0.4) is 0 Å². The van der Waals surface area contributed by atoms with Crippen molar-refractivity contribution in [3.63, 3.8) is 0 Å². The fourth-order valence-electron chi connectivity index (χ4n) is 5.63. The predicted molar refractivity (Wildman–Crippen MR) is 142 cm³/mol. The van der Waals surface area contributed by atoms with Gasteiger partial charge in [0.2, 0.25) is 0 Å². The predicted octanol–water partition coefficient (Wildman–Crippen LogP) is 4.32. The molecule has 1 saturated heterocycles. The molecule has 0 spiro atoms. The van der Waals surface area contributed by atoms with Crippen LogP contribution in [0.2, 0.25) is 0 Å². The van der Waals surface area contributed by atoms with Gasteiger partial charge in [-0.05, 0) is 48.7 Å². The molecule has 1 fully saturated rings. The number of hydrogen-bond donors (Lipinski definition) is 1. The molecule has 2 unspecified atom stereocenters. The highest BCUT2D eigenvalue weighted by atomic mass is 16.5. The molecule has 2 aromatic rings. The van der Waals surface area contributed by atoms with Crippen LogP contribution in [-0.2, 0) is 0 Å². The highest BCUT2D eigenvalue weighted by molar-refractivity contribution is 6.42. The Bertz CT molecular complexity index is 1300. The number of ether oxygens (including phenoxy) is 2. The molecule has 2 heterocycles. The van der Waals surface area contributed by atoms with E-state index in [0.29, 0.717) is 0 Å². The van der Waals surface area contributed by atoms with E-state index >= 15 is 0 Å². The number of aliphatic imine (C=N–C) groups is 2. The molecule has 36 heavy (non-hydrogen) atoms. The Morgan fingerprint density at radius 2 is 1.75 bits per heavy atom. The lowest BCUT2D eigenvalue weighted by molar-refractivity contribution is 0.0984. The highest BCUT2D eigenvalue weighted by Crippen LogP contribution is 2.40. The molecule has 184 valence electrons. The van der Waals surface area contributed by atoms with Gasteiger partial charge >= 0.3 is 0 Å². The van der Waals surface area contributed by atoms with Crippen molar-refractivity contribution >= 4 is 22.9 Å². The Morgan fingerprint density at radius 1 is 1.00 bits per heavy atom. The van der Waals surface area contributed by atoms with Crippen molar-refractivity contribution in [1.82, 2.24) is 0 Å². The van der Waals surface area contributed by atoms with Crippen molar-refractivity contribution in [3.8, 4) is 11.5 Å². The van der Waals surface area contributed by atoms with Crippen molar-refractivity contribution in [2.45, 2.75) is 38.1 Å². The van der Waals surface area contributed by atoms with E-state index in [4.69, 9.17) is 20.2 Å². The maximum atomic E-state index is 13.6. The summed E-state index contributed by atoms with van der Waals surface area (Å²) < 4.78 is 11.5. The van der Waals surface area contributed by atoms with E-state index in [0.717, 1.165) is 84.1 Å². The number of ketones is 1. The van der Waals surface area contributed by atoms with Gasteiger partial charge < -0.3 is 14.4 Å². The van der Waals surface area contributed by atoms with E-state index in [1.54, 1.807) is 7.11 Å². The van der Waals surface area contributed by atoms with E-state index < -0.39 is 12.2 Å². The first-order chi connectivity index (χ1) is 17.6. The van der Waals surface area contributed by atoms with Crippen LogP contribution < -0.4 is 20.1 Å². The number of carbonyl (C=O) groups is 1. The molecule has 2 aliphatic heterocycles. The zero-order chi connectivity index (χ0) is 24.6. The first-order valence-corrected chi connectivity index (χ1v) is 12.6. The zero-order valence-corrected chi connectivity index (χ0v) is 20.4. The quantitative estimate of drug-likeness (QED) is 0.686. The molecule has 7 heteroatoms. The van der Waals surface area contributed by atoms with Crippen LogP contribution in [-0.4, -0.2) is 49.8 Å². The molecule has 2 atom stereocenters. The van der Waals surface area contributed by atoms with E-state index in [9.17, 15) is 4.79 Å². The van der Waals surface area contributed by atoms with Crippen LogP contribution in [0.5, 0.6) is 11.5 Å². The first-order valence-electron chi connectivity index (χ1n) is 12.6. The summed E-state index contributed by atoms with van der Waals surface area (Å²) in [6.45, 7) is 1.68. The van der Waals surface area contributed by atoms with Crippen molar-refractivity contribution < 1.29 is 14.3 Å². The summed E-state index contributed by atoms with van der Waals surface area (Å²) in [4.78, 5) is 25.3. The number of hydrogen-bond acceptors (Lipinski definition) is 7. The minimum atomic E-state index is -0.687. The highest BCUT2D eigenvalue weighted by Gasteiger charge is 2.45. The van der Waals surface area contributed by atoms with Gasteiger partial charge in [-0.1, -0.05) is 30.4 Å². The van der Waals surface area contributed by atoms with Crippen LogP contribution in [0.25, 0.3) is 0 Å². The molecular weight excluding hydrogens is 452 g/mol. The monoisotopic (exact) mass is 482 g/mol. The van der Waals surface area contributed by atoms with Gasteiger partial charge in [0.05, 0.1) is 18.5 Å². The Morgan fingerprint density at radius 3 is 2.47 bits per heavy atom. The topological polar surface area (TPSA) is 89.5 Å². The minimum absolute atomic E-state index is 0.0735. The van der Waals surface area contributed by atoms with E-state index in [1.807, 2.05) is 42.5 Å². The summed E-state index contributed by atoms with van der Waals surface area (Å²) in [7, 11) is 1.66. The Hall–Kier alpha value is -3.71. The molecular formula is C29H30N4O3. The van der Waals surface area contributed by atoms with E-state index in [-0.39, 0.29) is 11.9 Å². The average molecular weight is 483 g/mol. The Kier molecular flexibility index (Phi) is 5.93. The summed E-state index contributed by atoms with van der Waals surface area (Å²) in [6, 6.07) is 13.7. The molecule has 0 amide bonds. The number of nitrogens with two attached hydrogens (primary N) is 1. The van der Waals surface area contributed by atoms with Gasteiger partial charge in [0, 0.05) is 42.7 Å². The molecule has 0 radical (unpaired) electrons. The normalized spacial score (nSPS) is 23.4. The molecule has 2 N–H and O–H groups in total. The van der Waals surface area contributed by atoms with Gasteiger partial charge in [-0.15, -0.1) is 0 Å². The molecule has 0 bridgehead atoms. The van der Waals surface area contributed by atoms with Crippen molar-refractivity contribution in [3.05, 3.63) is 77.4 Å². The molecule has 7 nitrogen and oxygen atoms in total. The number of allylic oxidation sites excluding steroid dienone is 4. The maximum absolute atomic E-state index is 13.6. The lowest BCUT2D eigenvalue weighted by Gasteiger charge is -2.35. The molecule has 4 aliphatic rings. The van der Waals surface area contributed by atoms with Crippen LogP contribution in [0.4, 0.5) is 5.69 Å². The molecule has 0 aromatic heterocycles. The van der Waals surface area contributed by atoms with Crippen molar-refractivity contribution in [2.75, 3.05) is 25.1 Å². The Labute approximate surface area is 211 Å². The maximum Gasteiger partial charge on any atom is 0.191 e. The zero-order valence-electron chi connectivity index (χ0n) is 20.4. The first kappa shape index (κ1) is 22.7. The number of carbonyl (C=O) groups excluding carboxylic acids is 1. The second kappa shape index (κ2) is 9.39. The lowest BCUT2D eigenvalue weighted by atomic mass is 9.87. The van der Waals surface area contributed by atoms with E-state index in [2.05, 4.69) is 28.1 Å². The van der Waals surface area contributed by atoms with Gasteiger partial charge in [-0.2, -0.15) is 0 Å². The Balaban J connectivity index is 1.23. The molecule has 2 aromatic carbocycles.